The molecule has 1 saturated heterocycles. The lowest BCUT2D eigenvalue weighted by Crippen LogP contribution is -2.25. The molecular formula is C10H16N6O. The van der Waals surface area contributed by atoms with Crippen LogP contribution >= 0.6 is 0 Å². The topological polar surface area (TPSA) is 79.0 Å². The second-order valence-electron chi connectivity index (χ2n) is 4.07. The summed E-state index contributed by atoms with van der Waals surface area (Å²) < 4.78 is 7.56. The summed E-state index contributed by atoms with van der Waals surface area (Å²) >= 11 is 0. The Labute approximate surface area is 99.6 Å². The van der Waals surface area contributed by atoms with Crippen LogP contribution in [-0.4, -0.2) is 53.8 Å². The quantitative estimate of drug-likeness (QED) is 0.435. The van der Waals surface area contributed by atoms with Gasteiger partial charge >= 0.3 is 0 Å². The monoisotopic (exact) mass is 236 g/mol. The van der Waals surface area contributed by atoms with Crippen LogP contribution in [0.5, 0.6) is 0 Å². The fraction of sp³-hybridized carbons (Fsp3) is 0.700. The average molecular weight is 236 g/mol. The van der Waals surface area contributed by atoms with Gasteiger partial charge < -0.3 is 9.30 Å². The zero-order valence-corrected chi connectivity index (χ0v) is 9.81. The Morgan fingerprint density at radius 1 is 1.59 bits per heavy atom. The predicted molar refractivity (Wildman–Crippen MR) is 62.5 cm³/mol. The van der Waals surface area contributed by atoms with E-state index in [1.165, 1.54) is 0 Å². The minimum absolute atomic E-state index is 0.162. The third kappa shape index (κ3) is 2.76. The van der Waals surface area contributed by atoms with Crippen LogP contribution in [0, 0.1) is 0 Å². The van der Waals surface area contributed by atoms with Crippen molar-refractivity contribution in [2.24, 2.45) is 5.11 Å². The molecule has 0 radical (unpaired) electrons. The van der Waals surface area contributed by atoms with Crippen molar-refractivity contribution >= 4 is 0 Å². The summed E-state index contributed by atoms with van der Waals surface area (Å²) in [5, 5.41) is 3.55. The SMILES string of the molecule is COC1CN(CCN=[N+]=[N-])CC1n1ccnc1. The van der Waals surface area contributed by atoms with Crippen molar-refractivity contribution < 1.29 is 4.74 Å². The average Bonchev–Trinajstić information content (AvgIpc) is 2.97. The molecule has 2 rings (SSSR count). The van der Waals surface area contributed by atoms with Crippen LogP contribution in [0.4, 0.5) is 0 Å². The molecule has 2 heterocycles. The van der Waals surface area contributed by atoms with Crippen LogP contribution in [0.15, 0.2) is 23.8 Å². The molecule has 1 aliphatic rings. The smallest absolute Gasteiger partial charge is 0.0949 e. The van der Waals surface area contributed by atoms with E-state index in [-0.39, 0.29) is 12.1 Å². The van der Waals surface area contributed by atoms with Crippen LogP contribution in [0.25, 0.3) is 10.4 Å². The minimum atomic E-state index is 0.162. The molecule has 2 unspecified atom stereocenters. The zero-order valence-electron chi connectivity index (χ0n) is 9.81. The van der Waals surface area contributed by atoms with Gasteiger partial charge in [-0.15, -0.1) is 0 Å². The number of hydrogen-bond acceptors (Lipinski definition) is 4. The fourth-order valence-corrected chi connectivity index (χ4v) is 2.23. The largest absolute Gasteiger partial charge is 0.378 e. The van der Waals surface area contributed by atoms with Crippen LogP contribution in [-0.2, 0) is 4.74 Å². The number of imidazole rings is 1. The molecule has 1 fully saturated rings. The van der Waals surface area contributed by atoms with Crippen molar-refractivity contribution in [3.63, 3.8) is 0 Å². The molecule has 0 aromatic carbocycles. The van der Waals surface area contributed by atoms with E-state index >= 15 is 0 Å². The van der Waals surface area contributed by atoms with Gasteiger partial charge in [-0.3, -0.25) is 4.90 Å². The molecule has 2 atom stereocenters. The number of hydrogen-bond donors (Lipinski definition) is 0. The Bertz CT molecular complexity index is 386. The summed E-state index contributed by atoms with van der Waals surface area (Å²) in [4.78, 5) is 9.06. The van der Waals surface area contributed by atoms with E-state index in [0.717, 1.165) is 19.6 Å². The first-order valence-corrected chi connectivity index (χ1v) is 5.58. The standard InChI is InChI=1S/C10H16N6O/c1-17-10-7-15(4-3-13-14-11)6-9(10)16-5-2-12-8-16/h2,5,8-10H,3-4,6-7H2,1H3. The lowest BCUT2D eigenvalue weighted by molar-refractivity contribution is 0.0817. The number of ether oxygens (including phenoxy) is 1. The molecule has 0 amide bonds. The van der Waals surface area contributed by atoms with Gasteiger partial charge in [0.2, 0.25) is 0 Å². The maximum Gasteiger partial charge on any atom is 0.0949 e. The molecule has 0 aliphatic carbocycles. The predicted octanol–water partition coefficient (Wildman–Crippen LogP) is 1.07. The molecule has 0 saturated carbocycles. The van der Waals surface area contributed by atoms with Gasteiger partial charge in [0.1, 0.15) is 0 Å². The third-order valence-corrected chi connectivity index (χ3v) is 3.10. The van der Waals surface area contributed by atoms with E-state index < -0.39 is 0 Å². The first kappa shape index (κ1) is 11.9. The summed E-state index contributed by atoms with van der Waals surface area (Å²) in [7, 11) is 1.73. The zero-order chi connectivity index (χ0) is 12.1. The molecule has 7 heteroatoms. The summed E-state index contributed by atoms with van der Waals surface area (Å²) in [5.74, 6) is 0. The van der Waals surface area contributed by atoms with Gasteiger partial charge in [0.25, 0.3) is 0 Å². The van der Waals surface area contributed by atoms with Crippen molar-refractivity contribution in [2.75, 3.05) is 33.3 Å². The first-order valence-electron chi connectivity index (χ1n) is 5.58. The van der Waals surface area contributed by atoms with Gasteiger partial charge in [-0.2, -0.15) is 0 Å². The maximum atomic E-state index is 8.24. The van der Waals surface area contributed by atoms with Gasteiger partial charge in [0, 0.05) is 50.6 Å². The summed E-state index contributed by atoms with van der Waals surface area (Å²) in [6.07, 6.45) is 5.70. The second-order valence-corrected chi connectivity index (χ2v) is 4.07. The van der Waals surface area contributed by atoms with E-state index in [2.05, 4.69) is 24.5 Å². The molecule has 1 aromatic heterocycles. The molecule has 0 N–H and O–H groups in total. The van der Waals surface area contributed by atoms with Crippen molar-refractivity contribution in [3.05, 3.63) is 29.2 Å². The first-order chi connectivity index (χ1) is 8.35. The van der Waals surface area contributed by atoms with E-state index in [1.54, 1.807) is 13.3 Å². The van der Waals surface area contributed by atoms with E-state index in [9.17, 15) is 0 Å². The number of likely N-dealkylation sites (tertiary alicyclic amines) is 1. The van der Waals surface area contributed by atoms with Crippen molar-refractivity contribution in [3.8, 4) is 0 Å². The number of aromatic nitrogens is 2. The van der Waals surface area contributed by atoms with E-state index in [0.29, 0.717) is 6.54 Å². The highest BCUT2D eigenvalue weighted by atomic mass is 16.5. The van der Waals surface area contributed by atoms with Crippen LogP contribution in [0.3, 0.4) is 0 Å². The van der Waals surface area contributed by atoms with Gasteiger partial charge in [-0.05, 0) is 5.53 Å². The third-order valence-electron chi connectivity index (χ3n) is 3.10. The Hall–Kier alpha value is -1.56. The highest BCUT2D eigenvalue weighted by molar-refractivity contribution is 4.93. The van der Waals surface area contributed by atoms with Gasteiger partial charge in [0.05, 0.1) is 18.5 Å². The Balaban J connectivity index is 1.96. The number of methoxy groups -OCH3 is 1. The highest BCUT2D eigenvalue weighted by Gasteiger charge is 2.33. The summed E-state index contributed by atoms with van der Waals surface area (Å²) in [6, 6.07) is 0.286. The number of nitrogens with zero attached hydrogens (tertiary/aromatic N) is 6. The molecule has 7 nitrogen and oxygen atoms in total. The van der Waals surface area contributed by atoms with Crippen LogP contribution in [0.2, 0.25) is 0 Å². The van der Waals surface area contributed by atoms with Crippen molar-refractivity contribution in [1.29, 1.82) is 0 Å². The molecule has 0 bridgehead atoms. The van der Waals surface area contributed by atoms with E-state index in [1.807, 2.05) is 12.5 Å². The number of azide groups is 1. The van der Waals surface area contributed by atoms with Gasteiger partial charge in [-0.25, -0.2) is 4.98 Å². The lowest BCUT2D eigenvalue weighted by atomic mass is 10.2. The van der Waals surface area contributed by atoms with Crippen LogP contribution in [0.1, 0.15) is 6.04 Å². The normalized spacial score (nSPS) is 24.8. The second kappa shape index (κ2) is 5.67. The summed E-state index contributed by atoms with van der Waals surface area (Å²) in [5.41, 5.74) is 8.24. The Morgan fingerprint density at radius 2 is 2.47 bits per heavy atom. The van der Waals surface area contributed by atoms with Crippen molar-refractivity contribution in [1.82, 2.24) is 14.5 Å². The molecule has 1 aliphatic heterocycles. The van der Waals surface area contributed by atoms with Gasteiger partial charge in [0.15, 0.2) is 0 Å². The molecule has 1 aromatic rings. The molecule has 0 spiro atoms. The highest BCUT2D eigenvalue weighted by Crippen LogP contribution is 2.23. The Kier molecular flexibility index (Phi) is 3.98. The molecule has 92 valence electrons. The van der Waals surface area contributed by atoms with Gasteiger partial charge in [-0.1, -0.05) is 5.11 Å². The van der Waals surface area contributed by atoms with Crippen molar-refractivity contribution in [2.45, 2.75) is 12.1 Å². The summed E-state index contributed by atoms with van der Waals surface area (Å²) in [6.45, 7) is 3.04. The lowest BCUT2D eigenvalue weighted by Gasteiger charge is -2.17. The maximum absolute atomic E-state index is 8.24. The number of rotatable bonds is 5. The Morgan fingerprint density at radius 3 is 3.12 bits per heavy atom. The van der Waals surface area contributed by atoms with E-state index in [4.69, 9.17) is 10.3 Å². The minimum Gasteiger partial charge on any atom is -0.378 e. The van der Waals surface area contributed by atoms with Crippen LogP contribution < -0.4 is 0 Å². The fourth-order valence-electron chi connectivity index (χ4n) is 2.23. The molecule has 17 heavy (non-hydrogen) atoms. The molecular weight excluding hydrogens is 220 g/mol.